The number of anilines is 1. The Morgan fingerprint density at radius 2 is 2.44 bits per heavy atom. The maximum atomic E-state index is 9.37. The molecule has 1 atom stereocenters. The lowest BCUT2D eigenvalue weighted by molar-refractivity contribution is 0.281. The zero-order valence-electron chi connectivity index (χ0n) is 9.49. The van der Waals surface area contributed by atoms with Crippen LogP contribution < -0.4 is 4.90 Å². The van der Waals surface area contributed by atoms with Gasteiger partial charge in [-0.15, -0.1) is 0 Å². The Balaban J connectivity index is 2.31. The first-order valence-electron chi connectivity index (χ1n) is 5.78. The van der Waals surface area contributed by atoms with Crippen molar-refractivity contribution < 1.29 is 5.11 Å². The van der Waals surface area contributed by atoms with Crippen LogP contribution in [0.1, 0.15) is 31.7 Å². The van der Waals surface area contributed by atoms with E-state index in [0.29, 0.717) is 6.04 Å². The highest BCUT2D eigenvalue weighted by molar-refractivity contribution is 9.10. The standard InChI is InChI=1S/C12H17BrN2O/c1-2-11-4-3-5-15(11)12-9(8-16)6-10(13)7-14-12/h6-7,11,16H,2-5,8H2,1H3. The quantitative estimate of drug-likeness (QED) is 0.927. The molecular weight excluding hydrogens is 268 g/mol. The molecule has 4 heteroatoms. The number of halogens is 1. The SMILES string of the molecule is CCC1CCCN1c1ncc(Br)cc1CO. The molecule has 1 fully saturated rings. The number of hydrogen-bond donors (Lipinski definition) is 1. The number of nitrogens with zero attached hydrogens (tertiary/aromatic N) is 2. The van der Waals surface area contributed by atoms with Gasteiger partial charge in [-0.3, -0.25) is 0 Å². The Morgan fingerprint density at radius 1 is 1.62 bits per heavy atom. The first-order valence-corrected chi connectivity index (χ1v) is 6.57. The maximum Gasteiger partial charge on any atom is 0.134 e. The molecule has 0 radical (unpaired) electrons. The van der Waals surface area contributed by atoms with Crippen LogP contribution in [-0.2, 0) is 6.61 Å². The van der Waals surface area contributed by atoms with Gasteiger partial charge in [0.05, 0.1) is 6.61 Å². The van der Waals surface area contributed by atoms with Gasteiger partial charge in [0.25, 0.3) is 0 Å². The van der Waals surface area contributed by atoms with Gasteiger partial charge < -0.3 is 10.0 Å². The molecule has 1 unspecified atom stereocenters. The third-order valence-corrected chi connectivity index (χ3v) is 3.63. The van der Waals surface area contributed by atoms with Gasteiger partial charge in [0.2, 0.25) is 0 Å². The Kier molecular flexibility index (Phi) is 3.82. The van der Waals surface area contributed by atoms with Crippen LogP contribution >= 0.6 is 15.9 Å². The average molecular weight is 285 g/mol. The summed E-state index contributed by atoms with van der Waals surface area (Å²) in [5, 5.41) is 9.37. The van der Waals surface area contributed by atoms with E-state index in [-0.39, 0.29) is 6.61 Å². The van der Waals surface area contributed by atoms with E-state index in [1.807, 2.05) is 6.07 Å². The minimum Gasteiger partial charge on any atom is -0.392 e. The minimum absolute atomic E-state index is 0.0503. The van der Waals surface area contributed by atoms with E-state index in [1.165, 1.54) is 12.8 Å². The summed E-state index contributed by atoms with van der Waals surface area (Å²) in [5.74, 6) is 0.954. The van der Waals surface area contributed by atoms with E-state index in [1.54, 1.807) is 6.20 Å². The third kappa shape index (κ3) is 2.23. The predicted molar refractivity (Wildman–Crippen MR) is 68.5 cm³/mol. The van der Waals surface area contributed by atoms with Crippen LogP contribution in [0, 0.1) is 0 Å². The monoisotopic (exact) mass is 284 g/mol. The molecule has 0 saturated carbocycles. The molecular formula is C12H17BrN2O. The topological polar surface area (TPSA) is 36.4 Å². The Labute approximate surface area is 105 Å². The summed E-state index contributed by atoms with van der Waals surface area (Å²) < 4.78 is 0.924. The van der Waals surface area contributed by atoms with Crippen LogP contribution in [0.25, 0.3) is 0 Å². The molecule has 0 bridgehead atoms. The molecule has 88 valence electrons. The minimum atomic E-state index is 0.0503. The molecule has 3 nitrogen and oxygen atoms in total. The van der Waals surface area contributed by atoms with Crippen LogP contribution in [0.5, 0.6) is 0 Å². The molecule has 0 aliphatic carbocycles. The predicted octanol–water partition coefficient (Wildman–Crippen LogP) is 2.72. The van der Waals surface area contributed by atoms with E-state index in [4.69, 9.17) is 0 Å². The normalized spacial score (nSPS) is 20.4. The molecule has 1 aromatic heterocycles. The summed E-state index contributed by atoms with van der Waals surface area (Å²) >= 11 is 3.39. The smallest absolute Gasteiger partial charge is 0.134 e. The van der Waals surface area contributed by atoms with Gasteiger partial charge in [0.15, 0.2) is 0 Å². The van der Waals surface area contributed by atoms with E-state index in [9.17, 15) is 5.11 Å². The molecule has 2 heterocycles. The van der Waals surface area contributed by atoms with Gasteiger partial charge >= 0.3 is 0 Å². The van der Waals surface area contributed by atoms with Gasteiger partial charge in [-0.1, -0.05) is 6.92 Å². The lowest BCUT2D eigenvalue weighted by Gasteiger charge is -2.26. The summed E-state index contributed by atoms with van der Waals surface area (Å²) in [4.78, 5) is 6.78. The van der Waals surface area contributed by atoms with Crippen LogP contribution in [0.4, 0.5) is 5.82 Å². The molecule has 16 heavy (non-hydrogen) atoms. The van der Waals surface area contributed by atoms with Crippen molar-refractivity contribution in [2.24, 2.45) is 0 Å². The number of aliphatic hydroxyl groups is 1. The Hall–Kier alpha value is -0.610. The van der Waals surface area contributed by atoms with Crippen molar-refractivity contribution in [2.45, 2.75) is 38.8 Å². The zero-order valence-corrected chi connectivity index (χ0v) is 11.1. The average Bonchev–Trinajstić information content (AvgIpc) is 2.76. The zero-order chi connectivity index (χ0) is 11.5. The first kappa shape index (κ1) is 11.9. The summed E-state index contributed by atoms with van der Waals surface area (Å²) in [6.45, 7) is 3.31. The van der Waals surface area contributed by atoms with Crippen molar-refractivity contribution in [1.29, 1.82) is 0 Å². The van der Waals surface area contributed by atoms with Gasteiger partial charge in [-0.25, -0.2) is 4.98 Å². The van der Waals surface area contributed by atoms with Crippen LogP contribution in [0.3, 0.4) is 0 Å². The van der Waals surface area contributed by atoms with Gasteiger partial charge in [0.1, 0.15) is 5.82 Å². The highest BCUT2D eigenvalue weighted by atomic mass is 79.9. The second kappa shape index (κ2) is 5.15. The summed E-state index contributed by atoms with van der Waals surface area (Å²) in [6, 6.07) is 2.53. The lowest BCUT2D eigenvalue weighted by Crippen LogP contribution is -2.30. The van der Waals surface area contributed by atoms with Crippen molar-refractivity contribution in [3.8, 4) is 0 Å². The van der Waals surface area contributed by atoms with E-state index in [0.717, 1.165) is 28.8 Å². The molecule has 1 aliphatic rings. The van der Waals surface area contributed by atoms with E-state index < -0.39 is 0 Å². The lowest BCUT2D eigenvalue weighted by atomic mass is 10.1. The van der Waals surface area contributed by atoms with Crippen LogP contribution in [-0.4, -0.2) is 22.7 Å². The van der Waals surface area contributed by atoms with Gasteiger partial charge in [-0.2, -0.15) is 0 Å². The molecule has 1 aromatic rings. The summed E-state index contributed by atoms with van der Waals surface area (Å²) in [6.07, 6.45) is 5.41. The summed E-state index contributed by atoms with van der Waals surface area (Å²) in [7, 11) is 0. The fraction of sp³-hybridized carbons (Fsp3) is 0.583. The fourth-order valence-electron chi connectivity index (χ4n) is 2.39. The van der Waals surface area contributed by atoms with Gasteiger partial charge in [-0.05, 0) is 41.3 Å². The second-order valence-electron chi connectivity index (χ2n) is 4.19. The molecule has 1 saturated heterocycles. The van der Waals surface area contributed by atoms with Crippen molar-refractivity contribution in [3.05, 3.63) is 22.3 Å². The van der Waals surface area contributed by atoms with Gasteiger partial charge in [0, 0.05) is 28.8 Å². The van der Waals surface area contributed by atoms with Crippen molar-refractivity contribution in [2.75, 3.05) is 11.4 Å². The van der Waals surface area contributed by atoms with Crippen molar-refractivity contribution >= 4 is 21.7 Å². The largest absolute Gasteiger partial charge is 0.392 e. The van der Waals surface area contributed by atoms with E-state index in [2.05, 4.69) is 32.7 Å². The number of hydrogen-bond acceptors (Lipinski definition) is 3. The van der Waals surface area contributed by atoms with Crippen molar-refractivity contribution in [1.82, 2.24) is 4.98 Å². The molecule has 1 N–H and O–H groups in total. The maximum absolute atomic E-state index is 9.37. The van der Waals surface area contributed by atoms with E-state index >= 15 is 0 Å². The first-order chi connectivity index (χ1) is 7.76. The highest BCUT2D eigenvalue weighted by Crippen LogP contribution is 2.29. The summed E-state index contributed by atoms with van der Waals surface area (Å²) in [5.41, 5.74) is 0.912. The fourth-order valence-corrected chi connectivity index (χ4v) is 2.77. The molecule has 0 amide bonds. The Morgan fingerprint density at radius 3 is 3.12 bits per heavy atom. The molecule has 0 spiro atoms. The van der Waals surface area contributed by atoms with Crippen LogP contribution in [0.2, 0.25) is 0 Å². The number of rotatable bonds is 3. The van der Waals surface area contributed by atoms with Crippen LogP contribution in [0.15, 0.2) is 16.7 Å². The number of pyridine rings is 1. The number of aromatic nitrogens is 1. The molecule has 1 aliphatic heterocycles. The molecule has 0 aromatic carbocycles. The highest BCUT2D eigenvalue weighted by Gasteiger charge is 2.25. The Bertz CT molecular complexity index is 370. The molecule has 2 rings (SSSR count). The third-order valence-electron chi connectivity index (χ3n) is 3.20. The number of aliphatic hydroxyl groups excluding tert-OH is 1. The van der Waals surface area contributed by atoms with Crippen molar-refractivity contribution in [3.63, 3.8) is 0 Å². The second-order valence-corrected chi connectivity index (χ2v) is 5.11.